The Bertz CT molecular complexity index is 404. The number of hydrogen-bond donors (Lipinski definition) is 2. The van der Waals surface area contributed by atoms with Crippen LogP contribution in [0.3, 0.4) is 0 Å². The number of likely N-dealkylation sites (N-methyl/N-ethyl adjacent to an activating group) is 1. The Hall–Kier alpha value is -1.59. The second-order valence-electron chi connectivity index (χ2n) is 3.41. The van der Waals surface area contributed by atoms with E-state index >= 15 is 0 Å². The third-order valence-electron chi connectivity index (χ3n) is 2.41. The molecular formula is C10H12N2O3. The zero-order chi connectivity index (χ0) is 11.0. The standard InChI is InChI=1S/C10H12N2O3/c1-12-7-4-6(10(11)14)2-3-8(7)15-5-9(12)13/h2-4,10,14H,5,11H2,1H3. The van der Waals surface area contributed by atoms with E-state index in [1.807, 2.05) is 0 Å². The van der Waals surface area contributed by atoms with Gasteiger partial charge in [-0.1, -0.05) is 6.07 Å². The van der Waals surface area contributed by atoms with Crippen molar-refractivity contribution in [3.8, 4) is 5.75 Å². The van der Waals surface area contributed by atoms with Crippen molar-refractivity contribution in [3.63, 3.8) is 0 Å². The quantitative estimate of drug-likeness (QED) is 0.636. The zero-order valence-electron chi connectivity index (χ0n) is 8.30. The normalized spacial score (nSPS) is 17.0. The van der Waals surface area contributed by atoms with Gasteiger partial charge in [-0.05, 0) is 17.7 Å². The smallest absolute Gasteiger partial charge is 0.264 e. The van der Waals surface area contributed by atoms with Crippen molar-refractivity contribution in [2.45, 2.75) is 6.23 Å². The summed E-state index contributed by atoms with van der Waals surface area (Å²) in [5.74, 6) is 0.507. The Morgan fingerprint density at radius 1 is 1.60 bits per heavy atom. The third kappa shape index (κ3) is 1.67. The number of fused-ring (bicyclic) bond motifs is 1. The minimum atomic E-state index is -1.04. The largest absolute Gasteiger partial charge is 0.482 e. The summed E-state index contributed by atoms with van der Waals surface area (Å²) >= 11 is 0. The Labute approximate surface area is 87.1 Å². The lowest BCUT2D eigenvalue weighted by Crippen LogP contribution is -2.35. The second kappa shape index (κ2) is 3.52. The van der Waals surface area contributed by atoms with E-state index in [4.69, 9.17) is 10.5 Å². The van der Waals surface area contributed by atoms with Crippen molar-refractivity contribution in [1.82, 2.24) is 0 Å². The molecule has 0 aromatic heterocycles. The minimum absolute atomic E-state index is 0.0496. The van der Waals surface area contributed by atoms with Gasteiger partial charge in [0.25, 0.3) is 5.91 Å². The first-order chi connectivity index (χ1) is 7.09. The summed E-state index contributed by atoms with van der Waals surface area (Å²) in [4.78, 5) is 12.8. The molecule has 1 unspecified atom stereocenters. The predicted octanol–water partition coefficient (Wildman–Crippen LogP) is -0.00860. The van der Waals surface area contributed by atoms with Crippen molar-refractivity contribution in [2.75, 3.05) is 18.6 Å². The molecule has 0 spiro atoms. The van der Waals surface area contributed by atoms with Gasteiger partial charge in [0, 0.05) is 7.05 Å². The van der Waals surface area contributed by atoms with Crippen LogP contribution in [0.4, 0.5) is 5.69 Å². The average molecular weight is 208 g/mol. The number of nitrogens with two attached hydrogens (primary N) is 1. The van der Waals surface area contributed by atoms with Gasteiger partial charge in [0.1, 0.15) is 12.0 Å². The molecule has 2 rings (SSSR count). The Morgan fingerprint density at radius 2 is 2.33 bits per heavy atom. The molecule has 80 valence electrons. The molecule has 1 atom stereocenters. The van der Waals surface area contributed by atoms with E-state index in [9.17, 15) is 9.90 Å². The molecule has 1 heterocycles. The van der Waals surface area contributed by atoms with Gasteiger partial charge in [0.2, 0.25) is 0 Å². The highest BCUT2D eigenvalue weighted by Gasteiger charge is 2.22. The summed E-state index contributed by atoms with van der Waals surface area (Å²) in [7, 11) is 1.66. The van der Waals surface area contributed by atoms with Crippen LogP contribution < -0.4 is 15.4 Å². The SMILES string of the molecule is CN1C(=O)COc2ccc(C(N)O)cc21. The van der Waals surface area contributed by atoms with Crippen LogP contribution in [0.15, 0.2) is 18.2 Å². The molecule has 1 aliphatic rings. The molecule has 0 fully saturated rings. The Morgan fingerprint density at radius 3 is 3.00 bits per heavy atom. The summed E-state index contributed by atoms with van der Waals surface area (Å²) in [5, 5.41) is 9.21. The highest BCUT2D eigenvalue weighted by atomic mass is 16.5. The van der Waals surface area contributed by atoms with E-state index in [0.29, 0.717) is 17.0 Å². The number of amides is 1. The summed E-state index contributed by atoms with van der Waals surface area (Å²) in [5.41, 5.74) is 6.53. The number of nitrogens with zero attached hydrogens (tertiary/aromatic N) is 1. The molecule has 0 aliphatic carbocycles. The number of anilines is 1. The summed E-state index contributed by atoms with van der Waals surface area (Å²) in [6, 6.07) is 5.02. The Balaban J connectivity index is 2.45. The molecule has 5 nitrogen and oxygen atoms in total. The highest BCUT2D eigenvalue weighted by Crippen LogP contribution is 2.32. The van der Waals surface area contributed by atoms with E-state index in [0.717, 1.165) is 0 Å². The lowest BCUT2D eigenvalue weighted by atomic mass is 10.1. The number of benzene rings is 1. The van der Waals surface area contributed by atoms with Crippen molar-refractivity contribution < 1.29 is 14.6 Å². The maximum atomic E-state index is 11.3. The van der Waals surface area contributed by atoms with E-state index < -0.39 is 6.23 Å². The van der Waals surface area contributed by atoms with Gasteiger partial charge in [-0.25, -0.2) is 0 Å². The molecule has 0 saturated carbocycles. The Kier molecular flexibility index (Phi) is 2.34. The van der Waals surface area contributed by atoms with Crippen LogP contribution in [0.2, 0.25) is 0 Å². The van der Waals surface area contributed by atoms with E-state index in [1.54, 1.807) is 25.2 Å². The molecular weight excluding hydrogens is 196 g/mol. The predicted molar refractivity (Wildman–Crippen MR) is 54.5 cm³/mol. The van der Waals surface area contributed by atoms with Gasteiger partial charge in [-0.2, -0.15) is 0 Å². The maximum Gasteiger partial charge on any atom is 0.264 e. The van der Waals surface area contributed by atoms with Crippen LogP contribution in [0.5, 0.6) is 5.75 Å². The molecule has 1 aromatic carbocycles. The van der Waals surface area contributed by atoms with Crippen LogP contribution in [-0.4, -0.2) is 24.7 Å². The number of ether oxygens (including phenoxy) is 1. The lowest BCUT2D eigenvalue weighted by molar-refractivity contribution is -0.120. The van der Waals surface area contributed by atoms with Gasteiger partial charge in [0.15, 0.2) is 6.61 Å². The monoisotopic (exact) mass is 208 g/mol. The number of aliphatic hydroxyl groups is 1. The van der Waals surface area contributed by atoms with Crippen LogP contribution in [0.25, 0.3) is 0 Å². The molecule has 0 radical (unpaired) electrons. The minimum Gasteiger partial charge on any atom is -0.482 e. The fourth-order valence-corrected chi connectivity index (χ4v) is 1.47. The second-order valence-corrected chi connectivity index (χ2v) is 3.41. The highest BCUT2D eigenvalue weighted by molar-refractivity contribution is 5.97. The van der Waals surface area contributed by atoms with E-state index in [-0.39, 0.29) is 12.5 Å². The number of hydrogen-bond acceptors (Lipinski definition) is 4. The number of carbonyl (C=O) groups is 1. The first-order valence-corrected chi connectivity index (χ1v) is 4.56. The summed E-state index contributed by atoms with van der Waals surface area (Å²) in [6.45, 7) is 0.0496. The zero-order valence-corrected chi connectivity index (χ0v) is 8.30. The van der Waals surface area contributed by atoms with Crippen molar-refractivity contribution >= 4 is 11.6 Å². The van der Waals surface area contributed by atoms with Gasteiger partial charge in [0.05, 0.1) is 5.69 Å². The van der Waals surface area contributed by atoms with E-state index in [1.165, 1.54) is 4.90 Å². The average Bonchev–Trinajstić information content (AvgIpc) is 2.23. The number of rotatable bonds is 1. The molecule has 0 bridgehead atoms. The van der Waals surface area contributed by atoms with Crippen molar-refractivity contribution in [3.05, 3.63) is 23.8 Å². The lowest BCUT2D eigenvalue weighted by Gasteiger charge is -2.26. The molecule has 5 heteroatoms. The first kappa shape index (κ1) is 9.95. The number of aliphatic hydroxyl groups excluding tert-OH is 1. The molecule has 0 saturated heterocycles. The molecule has 1 aliphatic heterocycles. The van der Waals surface area contributed by atoms with Crippen molar-refractivity contribution in [2.24, 2.45) is 5.73 Å². The third-order valence-corrected chi connectivity index (χ3v) is 2.41. The van der Waals surface area contributed by atoms with Gasteiger partial charge >= 0.3 is 0 Å². The first-order valence-electron chi connectivity index (χ1n) is 4.56. The molecule has 1 aromatic rings. The van der Waals surface area contributed by atoms with Crippen LogP contribution in [0.1, 0.15) is 11.8 Å². The summed E-state index contributed by atoms with van der Waals surface area (Å²) in [6.07, 6.45) is -1.04. The summed E-state index contributed by atoms with van der Waals surface area (Å²) < 4.78 is 5.23. The van der Waals surface area contributed by atoms with Gasteiger partial charge in [-0.3, -0.25) is 4.79 Å². The topological polar surface area (TPSA) is 75.8 Å². The number of carbonyl (C=O) groups excluding carboxylic acids is 1. The van der Waals surface area contributed by atoms with E-state index in [2.05, 4.69) is 0 Å². The van der Waals surface area contributed by atoms with Gasteiger partial charge < -0.3 is 20.5 Å². The maximum absolute atomic E-state index is 11.3. The molecule has 3 N–H and O–H groups in total. The van der Waals surface area contributed by atoms with Crippen molar-refractivity contribution in [1.29, 1.82) is 0 Å². The van der Waals surface area contributed by atoms with Crippen LogP contribution >= 0.6 is 0 Å². The van der Waals surface area contributed by atoms with Crippen LogP contribution in [-0.2, 0) is 4.79 Å². The van der Waals surface area contributed by atoms with Gasteiger partial charge in [-0.15, -0.1) is 0 Å². The van der Waals surface area contributed by atoms with Crippen LogP contribution in [0, 0.1) is 0 Å². The fraction of sp³-hybridized carbons (Fsp3) is 0.300. The molecule has 15 heavy (non-hydrogen) atoms. The fourth-order valence-electron chi connectivity index (χ4n) is 1.47. The molecule has 1 amide bonds.